The van der Waals surface area contributed by atoms with E-state index in [2.05, 4.69) is 22.1 Å². The van der Waals surface area contributed by atoms with Crippen LogP contribution in [0.5, 0.6) is 0 Å². The summed E-state index contributed by atoms with van der Waals surface area (Å²) in [5, 5.41) is 12.2. The number of anilines is 1. The predicted molar refractivity (Wildman–Crippen MR) is 111 cm³/mol. The van der Waals surface area contributed by atoms with Crippen LogP contribution in [0.1, 0.15) is 6.92 Å². The largest absolute Gasteiger partial charge is 0.324 e. The summed E-state index contributed by atoms with van der Waals surface area (Å²) in [6.07, 6.45) is 1.79. The van der Waals surface area contributed by atoms with E-state index >= 15 is 0 Å². The van der Waals surface area contributed by atoms with E-state index in [0.717, 1.165) is 11.4 Å². The molecule has 0 aliphatic heterocycles. The molecule has 5 nitrogen and oxygen atoms in total. The Morgan fingerprint density at radius 1 is 1.22 bits per heavy atom. The highest BCUT2D eigenvalue weighted by molar-refractivity contribution is 8.00. The van der Waals surface area contributed by atoms with E-state index in [9.17, 15) is 4.79 Å². The van der Waals surface area contributed by atoms with Gasteiger partial charge in [-0.2, -0.15) is 0 Å². The van der Waals surface area contributed by atoms with Gasteiger partial charge in [-0.1, -0.05) is 71.9 Å². The van der Waals surface area contributed by atoms with Gasteiger partial charge < -0.3 is 5.32 Å². The topological polar surface area (TPSA) is 59.8 Å². The molecule has 1 amide bonds. The van der Waals surface area contributed by atoms with Crippen LogP contribution in [0, 0.1) is 0 Å². The number of benzene rings is 2. The lowest BCUT2D eigenvalue weighted by molar-refractivity contribution is -0.115. The number of hydrogen-bond donors (Lipinski definition) is 1. The number of carbonyl (C=O) groups excluding carboxylic acids is 1. The molecule has 27 heavy (non-hydrogen) atoms. The van der Waals surface area contributed by atoms with Crippen LogP contribution >= 0.6 is 23.4 Å². The number of nitrogens with one attached hydrogen (secondary N) is 1. The quantitative estimate of drug-likeness (QED) is 0.454. The zero-order valence-corrected chi connectivity index (χ0v) is 16.4. The van der Waals surface area contributed by atoms with Crippen LogP contribution in [0.4, 0.5) is 5.69 Å². The van der Waals surface area contributed by atoms with E-state index in [1.165, 1.54) is 11.8 Å². The third-order valence-electron chi connectivity index (χ3n) is 3.84. The van der Waals surface area contributed by atoms with Crippen LogP contribution in [0.3, 0.4) is 0 Å². The third-order valence-corrected chi connectivity index (χ3v) is 5.25. The van der Waals surface area contributed by atoms with Gasteiger partial charge >= 0.3 is 0 Å². The van der Waals surface area contributed by atoms with Crippen molar-refractivity contribution in [3.8, 4) is 11.4 Å². The van der Waals surface area contributed by atoms with Gasteiger partial charge in [-0.3, -0.25) is 9.36 Å². The number of rotatable bonds is 7. The number of aromatic nitrogens is 3. The van der Waals surface area contributed by atoms with E-state index in [4.69, 9.17) is 11.6 Å². The van der Waals surface area contributed by atoms with E-state index in [1.807, 2.05) is 54.0 Å². The molecule has 0 bridgehead atoms. The van der Waals surface area contributed by atoms with E-state index in [1.54, 1.807) is 18.2 Å². The Morgan fingerprint density at radius 2 is 1.93 bits per heavy atom. The SMILES string of the molecule is C=CCn1c(SC(C)C(=O)Nc2ccccc2Cl)nnc1-c1ccccc1. The number of hydrogen-bond acceptors (Lipinski definition) is 4. The number of carbonyl (C=O) groups is 1. The Morgan fingerprint density at radius 3 is 2.63 bits per heavy atom. The second kappa shape index (κ2) is 8.88. The van der Waals surface area contributed by atoms with Gasteiger partial charge in [-0.05, 0) is 19.1 Å². The Bertz CT molecular complexity index is 942. The monoisotopic (exact) mass is 398 g/mol. The normalized spacial score (nSPS) is 11.8. The van der Waals surface area contributed by atoms with Crippen molar-refractivity contribution in [2.24, 2.45) is 0 Å². The average molecular weight is 399 g/mol. The van der Waals surface area contributed by atoms with Gasteiger partial charge in [0, 0.05) is 12.1 Å². The summed E-state index contributed by atoms with van der Waals surface area (Å²) in [6.45, 7) is 6.19. The molecule has 1 aromatic heterocycles. The van der Waals surface area contributed by atoms with Crippen LogP contribution < -0.4 is 5.32 Å². The molecule has 2 aromatic carbocycles. The number of halogens is 1. The van der Waals surface area contributed by atoms with Gasteiger partial charge in [0.2, 0.25) is 5.91 Å². The second-order valence-corrected chi connectivity index (χ2v) is 7.52. The van der Waals surface area contributed by atoms with Crippen LogP contribution in [-0.2, 0) is 11.3 Å². The standard InChI is InChI=1S/C20H19ClN4OS/c1-3-13-25-18(15-9-5-4-6-10-15)23-24-20(25)27-14(2)19(26)22-17-12-8-7-11-16(17)21/h3-12,14H,1,13H2,2H3,(H,22,26). The molecule has 1 atom stereocenters. The van der Waals surface area contributed by atoms with Crippen molar-refractivity contribution in [1.82, 2.24) is 14.8 Å². The van der Waals surface area contributed by atoms with Crippen molar-refractivity contribution in [3.63, 3.8) is 0 Å². The van der Waals surface area contributed by atoms with Gasteiger partial charge in [-0.15, -0.1) is 16.8 Å². The maximum absolute atomic E-state index is 12.5. The highest BCUT2D eigenvalue weighted by atomic mass is 35.5. The highest BCUT2D eigenvalue weighted by Crippen LogP contribution is 2.28. The molecule has 0 aliphatic carbocycles. The predicted octanol–water partition coefficient (Wildman–Crippen LogP) is 4.90. The van der Waals surface area contributed by atoms with Crippen molar-refractivity contribution in [2.45, 2.75) is 23.9 Å². The summed E-state index contributed by atoms with van der Waals surface area (Å²) in [5.74, 6) is 0.597. The van der Waals surface area contributed by atoms with Gasteiger partial charge in [-0.25, -0.2) is 0 Å². The van der Waals surface area contributed by atoms with Crippen LogP contribution in [0.2, 0.25) is 5.02 Å². The minimum absolute atomic E-state index is 0.150. The molecule has 138 valence electrons. The third kappa shape index (κ3) is 4.59. The van der Waals surface area contributed by atoms with Crippen molar-refractivity contribution >= 4 is 35.0 Å². The molecule has 3 rings (SSSR count). The smallest absolute Gasteiger partial charge is 0.237 e. The van der Waals surface area contributed by atoms with Crippen LogP contribution in [-0.4, -0.2) is 25.9 Å². The summed E-state index contributed by atoms with van der Waals surface area (Å²) in [5.41, 5.74) is 1.56. The number of amides is 1. The Kier molecular flexibility index (Phi) is 6.32. The first-order valence-corrected chi connectivity index (χ1v) is 9.67. The number of nitrogens with zero attached hydrogens (tertiary/aromatic N) is 3. The Balaban J connectivity index is 1.78. The number of thioether (sulfide) groups is 1. The zero-order valence-electron chi connectivity index (χ0n) is 14.8. The lowest BCUT2D eigenvalue weighted by atomic mass is 10.2. The average Bonchev–Trinajstić information content (AvgIpc) is 3.07. The fourth-order valence-corrected chi connectivity index (χ4v) is 3.52. The molecular formula is C20H19ClN4OS. The van der Waals surface area contributed by atoms with E-state index < -0.39 is 0 Å². The minimum atomic E-state index is -0.377. The lowest BCUT2D eigenvalue weighted by Crippen LogP contribution is -2.23. The Labute approximate surface area is 167 Å². The molecule has 0 fully saturated rings. The second-order valence-electron chi connectivity index (χ2n) is 5.80. The molecule has 0 radical (unpaired) electrons. The van der Waals surface area contributed by atoms with Gasteiger partial charge in [0.25, 0.3) is 0 Å². The molecule has 1 N–H and O–H groups in total. The molecular weight excluding hydrogens is 380 g/mol. The summed E-state index contributed by atoms with van der Waals surface area (Å²) in [7, 11) is 0. The van der Waals surface area contributed by atoms with Crippen molar-refractivity contribution in [2.75, 3.05) is 5.32 Å². The molecule has 0 saturated heterocycles. The number of allylic oxidation sites excluding steroid dienone is 1. The van der Waals surface area contributed by atoms with Crippen molar-refractivity contribution in [3.05, 3.63) is 72.3 Å². The maximum atomic E-state index is 12.5. The minimum Gasteiger partial charge on any atom is -0.324 e. The molecule has 0 spiro atoms. The first kappa shape index (κ1) is 19.2. The summed E-state index contributed by atoms with van der Waals surface area (Å²) in [4.78, 5) is 12.5. The van der Waals surface area contributed by atoms with Crippen LogP contribution in [0.15, 0.2) is 72.4 Å². The zero-order chi connectivity index (χ0) is 19.2. The van der Waals surface area contributed by atoms with Gasteiger partial charge in [0.05, 0.1) is 16.0 Å². The van der Waals surface area contributed by atoms with Crippen molar-refractivity contribution < 1.29 is 4.79 Å². The molecule has 3 aromatic rings. The fourth-order valence-electron chi connectivity index (χ4n) is 2.48. The first-order valence-electron chi connectivity index (χ1n) is 8.41. The Hall–Kier alpha value is -2.57. The molecule has 0 saturated carbocycles. The maximum Gasteiger partial charge on any atom is 0.237 e. The molecule has 1 unspecified atom stereocenters. The summed E-state index contributed by atoms with van der Waals surface area (Å²) >= 11 is 7.46. The number of para-hydroxylation sites is 1. The van der Waals surface area contributed by atoms with Gasteiger partial charge in [0.15, 0.2) is 11.0 Å². The van der Waals surface area contributed by atoms with E-state index in [-0.39, 0.29) is 11.2 Å². The highest BCUT2D eigenvalue weighted by Gasteiger charge is 2.21. The fraction of sp³-hybridized carbons (Fsp3) is 0.150. The molecule has 0 aliphatic rings. The molecule has 1 heterocycles. The summed E-state index contributed by atoms with van der Waals surface area (Å²) < 4.78 is 1.95. The first-order chi connectivity index (χ1) is 13.1. The lowest BCUT2D eigenvalue weighted by Gasteiger charge is -2.13. The van der Waals surface area contributed by atoms with Crippen molar-refractivity contribution in [1.29, 1.82) is 0 Å². The van der Waals surface area contributed by atoms with Gasteiger partial charge in [0.1, 0.15) is 0 Å². The van der Waals surface area contributed by atoms with Crippen LogP contribution in [0.25, 0.3) is 11.4 Å². The molecule has 7 heteroatoms. The summed E-state index contributed by atoms with van der Waals surface area (Å²) in [6, 6.07) is 17.0. The van der Waals surface area contributed by atoms with E-state index in [0.29, 0.717) is 22.4 Å².